The van der Waals surface area contributed by atoms with Crippen molar-refractivity contribution in [2.24, 2.45) is 0 Å². The first kappa shape index (κ1) is 19.9. The number of hydrogen-bond donors (Lipinski definition) is 1. The van der Waals surface area contributed by atoms with Crippen molar-refractivity contribution in [1.29, 1.82) is 0 Å². The monoisotopic (exact) mass is 450 g/mol. The van der Waals surface area contributed by atoms with Crippen molar-refractivity contribution in [1.82, 2.24) is 0 Å². The number of carbonyl (C=O) groups is 4. The van der Waals surface area contributed by atoms with Crippen LogP contribution >= 0.6 is 0 Å². The zero-order chi connectivity index (χ0) is 23.7. The number of fused-ring (bicyclic) bond motifs is 10. The molecule has 1 N–H and O–H groups in total. The summed E-state index contributed by atoms with van der Waals surface area (Å²) >= 11 is 0. The summed E-state index contributed by atoms with van der Waals surface area (Å²) in [7, 11) is 1.19. The number of rotatable bonds is 2. The number of carbonyl (C=O) groups excluding carboxylic acids is 3. The molecular formula is C27H14O7. The quantitative estimate of drug-likeness (QED) is 0.227. The van der Waals surface area contributed by atoms with Crippen LogP contribution in [0.15, 0.2) is 60.7 Å². The third kappa shape index (κ3) is 2.40. The Labute approximate surface area is 191 Å². The molecule has 0 unspecified atom stereocenters. The molecule has 34 heavy (non-hydrogen) atoms. The molecule has 0 spiro atoms. The van der Waals surface area contributed by atoms with Crippen molar-refractivity contribution in [3.8, 4) is 0 Å². The Kier molecular flexibility index (Phi) is 4.01. The Morgan fingerprint density at radius 2 is 1.18 bits per heavy atom. The minimum absolute atomic E-state index is 0.0752. The van der Waals surface area contributed by atoms with Gasteiger partial charge in [0.15, 0.2) is 0 Å². The van der Waals surface area contributed by atoms with Crippen molar-refractivity contribution in [2.75, 3.05) is 7.11 Å². The maximum absolute atomic E-state index is 12.9. The van der Waals surface area contributed by atoms with Crippen molar-refractivity contribution in [2.45, 2.75) is 0 Å². The van der Waals surface area contributed by atoms with E-state index in [4.69, 9.17) is 9.47 Å². The van der Waals surface area contributed by atoms with Gasteiger partial charge < -0.3 is 14.6 Å². The van der Waals surface area contributed by atoms with Crippen LogP contribution in [0.1, 0.15) is 41.4 Å². The Morgan fingerprint density at radius 3 is 1.79 bits per heavy atom. The largest absolute Gasteiger partial charge is 0.478 e. The van der Waals surface area contributed by atoms with Gasteiger partial charge in [0.1, 0.15) is 0 Å². The van der Waals surface area contributed by atoms with E-state index in [0.717, 1.165) is 0 Å². The minimum atomic E-state index is -1.26. The fourth-order valence-corrected chi connectivity index (χ4v) is 5.10. The molecule has 164 valence electrons. The van der Waals surface area contributed by atoms with E-state index in [9.17, 15) is 24.3 Å². The molecule has 0 amide bonds. The molecule has 7 heteroatoms. The summed E-state index contributed by atoms with van der Waals surface area (Å²) in [6, 6.07) is 17.2. The summed E-state index contributed by atoms with van der Waals surface area (Å²) in [5.41, 5.74) is 0.127. The fourth-order valence-electron chi connectivity index (χ4n) is 5.10. The molecule has 5 aromatic rings. The molecule has 5 aromatic carbocycles. The van der Waals surface area contributed by atoms with Crippen LogP contribution < -0.4 is 0 Å². The summed E-state index contributed by atoms with van der Waals surface area (Å²) in [5, 5.41) is 14.3. The van der Waals surface area contributed by atoms with E-state index >= 15 is 0 Å². The van der Waals surface area contributed by atoms with Gasteiger partial charge in [0, 0.05) is 0 Å². The molecule has 1 aliphatic heterocycles. The lowest BCUT2D eigenvalue weighted by molar-refractivity contribution is 0.0444. The fraction of sp³-hybridized carbons (Fsp3) is 0.0370. The molecule has 0 bridgehead atoms. The molecule has 0 saturated heterocycles. The highest BCUT2D eigenvalue weighted by Gasteiger charge is 2.35. The van der Waals surface area contributed by atoms with Gasteiger partial charge in [0.25, 0.3) is 0 Å². The van der Waals surface area contributed by atoms with E-state index in [-0.39, 0.29) is 22.3 Å². The predicted molar refractivity (Wildman–Crippen MR) is 125 cm³/mol. The number of cyclic esters (lactones) is 2. The van der Waals surface area contributed by atoms with Crippen LogP contribution in [-0.2, 0) is 9.47 Å². The molecule has 0 saturated carbocycles. The molecule has 0 atom stereocenters. The summed E-state index contributed by atoms with van der Waals surface area (Å²) in [6.45, 7) is 0. The zero-order valence-electron chi connectivity index (χ0n) is 17.7. The summed E-state index contributed by atoms with van der Waals surface area (Å²) in [5.74, 6) is -3.49. The van der Waals surface area contributed by atoms with Crippen molar-refractivity contribution in [3.63, 3.8) is 0 Å². The second kappa shape index (κ2) is 6.86. The number of methoxy groups -OCH3 is 1. The normalized spacial score (nSPS) is 13.0. The average Bonchev–Trinajstić information content (AvgIpc) is 3.15. The van der Waals surface area contributed by atoms with E-state index in [0.29, 0.717) is 43.1 Å². The molecule has 6 rings (SSSR count). The van der Waals surface area contributed by atoms with Crippen LogP contribution in [0.2, 0.25) is 0 Å². The topological polar surface area (TPSA) is 107 Å². The van der Waals surface area contributed by atoms with Gasteiger partial charge in [-0.25, -0.2) is 19.2 Å². The third-order valence-electron chi connectivity index (χ3n) is 6.37. The number of benzene rings is 5. The first-order valence-electron chi connectivity index (χ1n) is 10.4. The van der Waals surface area contributed by atoms with Gasteiger partial charge in [0.2, 0.25) is 0 Å². The van der Waals surface area contributed by atoms with Gasteiger partial charge in [0.05, 0.1) is 29.4 Å². The summed E-state index contributed by atoms with van der Waals surface area (Å²) in [6.07, 6.45) is 0. The van der Waals surface area contributed by atoms with Gasteiger partial charge in [-0.3, -0.25) is 0 Å². The van der Waals surface area contributed by atoms with E-state index in [1.165, 1.54) is 7.11 Å². The third-order valence-corrected chi connectivity index (χ3v) is 6.37. The summed E-state index contributed by atoms with van der Waals surface area (Å²) in [4.78, 5) is 50.4. The van der Waals surface area contributed by atoms with Crippen LogP contribution in [-0.4, -0.2) is 36.1 Å². The molecular weight excluding hydrogens is 436 g/mol. The molecule has 0 fully saturated rings. The van der Waals surface area contributed by atoms with Crippen molar-refractivity contribution >= 4 is 67.0 Å². The van der Waals surface area contributed by atoms with Crippen LogP contribution in [0.5, 0.6) is 0 Å². The standard InChI is InChI=1S/C27H14O7/c1-33-25(30)22-16-10-11-17-19(18(16)12-6-2-4-8-14(12)20(22)24(28)29)13-7-3-5-9-15(13)21-23(17)27(32)34-26(21)31/h2-11H,1H3,(H,28,29). The Morgan fingerprint density at radius 1 is 0.676 bits per heavy atom. The number of hydrogen-bond acceptors (Lipinski definition) is 6. The van der Waals surface area contributed by atoms with E-state index in [1.54, 1.807) is 48.5 Å². The Hall–Kier alpha value is -4.78. The smallest absolute Gasteiger partial charge is 0.347 e. The molecule has 0 radical (unpaired) electrons. The van der Waals surface area contributed by atoms with Gasteiger partial charge >= 0.3 is 23.9 Å². The van der Waals surface area contributed by atoms with Gasteiger partial charge in [-0.1, -0.05) is 60.7 Å². The van der Waals surface area contributed by atoms with Crippen LogP contribution in [0.25, 0.3) is 43.1 Å². The van der Waals surface area contributed by atoms with Gasteiger partial charge in [-0.2, -0.15) is 0 Å². The summed E-state index contributed by atoms with van der Waals surface area (Å²) < 4.78 is 9.92. The SMILES string of the molecule is COC(=O)c1c(C(=O)O)c2ccccc2c2c1ccc1c3c(c4ccccc4c12)C(=O)OC3=O. The highest BCUT2D eigenvalue weighted by molar-refractivity contribution is 6.38. The van der Waals surface area contributed by atoms with E-state index in [1.807, 2.05) is 12.1 Å². The molecule has 1 aliphatic rings. The van der Waals surface area contributed by atoms with Crippen molar-refractivity contribution in [3.05, 3.63) is 82.9 Å². The number of aromatic carboxylic acids is 1. The molecule has 0 aliphatic carbocycles. The predicted octanol–water partition coefficient (Wildman–Crippen LogP) is 5.09. The van der Waals surface area contributed by atoms with Gasteiger partial charge in [-0.15, -0.1) is 0 Å². The van der Waals surface area contributed by atoms with Crippen LogP contribution in [0.3, 0.4) is 0 Å². The van der Waals surface area contributed by atoms with Crippen LogP contribution in [0.4, 0.5) is 0 Å². The zero-order valence-corrected chi connectivity index (χ0v) is 17.7. The van der Waals surface area contributed by atoms with Crippen LogP contribution in [0, 0.1) is 0 Å². The second-order valence-electron chi connectivity index (χ2n) is 7.98. The molecule has 7 nitrogen and oxygen atoms in total. The number of ether oxygens (including phenoxy) is 2. The lowest BCUT2D eigenvalue weighted by Crippen LogP contribution is -2.12. The molecule has 1 heterocycles. The first-order chi connectivity index (χ1) is 16.4. The first-order valence-corrected chi connectivity index (χ1v) is 10.4. The highest BCUT2D eigenvalue weighted by atomic mass is 16.6. The highest BCUT2D eigenvalue weighted by Crippen LogP contribution is 2.44. The molecule has 0 aromatic heterocycles. The number of esters is 3. The maximum Gasteiger partial charge on any atom is 0.347 e. The lowest BCUT2D eigenvalue weighted by Gasteiger charge is -2.17. The van der Waals surface area contributed by atoms with E-state index < -0.39 is 23.9 Å². The van der Waals surface area contributed by atoms with Gasteiger partial charge in [-0.05, 0) is 43.1 Å². The Balaban J connectivity index is 2.01. The minimum Gasteiger partial charge on any atom is -0.478 e. The maximum atomic E-state index is 12.9. The number of carboxylic acid groups (broad SMARTS) is 1. The van der Waals surface area contributed by atoms with E-state index in [2.05, 4.69) is 0 Å². The number of carboxylic acids is 1. The second-order valence-corrected chi connectivity index (χ2v) is 7.98. The Bertz CT molecular complexity index is 1800. The average molecular weight is 450 g/mol. The van der Waals surface area contributed by atoms with Crippen molar-refractivity contribution < 1.29 is 33.8 Å². The lowest BCUT2D eigenvalue weighted by atomic mass is 9.85.